The van der Waals surface area contributed by atoms with Gasteiger partial charge >= 0.3 is 0 Å². The molecular formula is C13H17N3OS. The molecule has 0 fully saturated rings. The van der Waals surface area contributed by atoms with Crippen molar-refractivity contribution in [1.29, 1.82) is 0 Å². The highest BCUT2D eigenvalue weighted by Crippen LogP contribution is 2.17. The van der Waals surface area contributed by atoms with E-state index in [1.54, 1.807) is 23.5 Å². The highest BCUT2D eigenvalue weighted by Gasteiger charge is 2.08. The molecule has 5 heteroatoms. The van der Waals surface area contributed by atoms with E-state index in [1.807, 2.05) is 18.5 Å². The second-order valence-electron chi connectivity index (χ2n) is 4.32. The van der Waals surface area contributed by atoms with Gasteiger partial charge in [0.1, 0.15) is 5.75 Å². The molecule has 0 spiro atoms. The van der Waals surface area contributed by atoms with Crippen molar-refractivity contribution in [3.63, 3.8) is 0 Å². The van der Waals surface area contributed by atoms with E-state index in [1.165, 1.54) is 0 Å². The minimum absolute atomic E-state index is 0.245. The third-order valence-electron chi connectivity index (χ3n) is 2.71. The monoisotopic (exact) mass is 263 g/mol. The number of hydrogen-bond donors (Lipinski definition) is 2. The zero-order valence-corrected chi connectivity index (χ0v) is 11.4. The first-order valence-electron chi connectivity index (χ1n) is 5.92. The Hall–Kier alpha value is -1.46. The Kier molecular flexibility index (Phi) is 4.28. The van der Waals surface area contributed by atoms with Gasteiger partial charge in [0.25, 0.3) is 0 Å². The van der Waals surface area contributed by atoms with Crippen LogP contribution in [0.25, 0.3) is 0 Å². The van der Waals surface area contributed by atoms with Crippen LogP contribution < -0.4 is 5.32 Å². The van der Waals surface area contributed by atoms with Crippen LogP contribution in [0.3, 0.4) is 0 Å². The second kappa shape index (κ2) is 5.93. The van der Waals surface area contributed by atoms with Crippen LogP contribution in [-0.2, 0) is 6.54 Å². The molecule has 96 valence electrons. The first-order chi connectivity index (χ1) is 8.66. The number of aromatic nitrogens is 2. The molecule has 2 N–H and O–H groups in total. The SMILES string of the molecule is Cc1ccc(O)c(CNCC(C)c2nccs2)n1. The van der Waals surface area contributed by atoms with E-state index in [0.29, 0.717) is 18.2 Å². The lowest BCUT2D eigenvalue weighted by molar-refractivity contribution is 0.458. The molecule has 0 amide bonds. The molecule has 4 nitrogen and oxygen atoms in total. The Morgan fingerprint density at radius 2 is 2.28 bits per heavy atom. The van der Waals surface area contributed by atoms with Gasteiger partial charge in [0.2, 0.25) is 0 Å². The summed E-state index contributed by atoms with van der Waals surface area (Å²) in [6.07, 6.45) is 1.82. The van der Waals surface area contributed by atoms with Gasteiger partial charge in [0.15, 0.2) is 0 Å². The molecule has 2 aromatic heterocycles. The number of rotatable bonds is 5. The Morgan fingerprint density at radius 1 is 1.44 bits per heavy atom. The van der Waals surface area contributed by atoms with Gasteiger partial charge in [-0.3, -0.25) is 4.98 Å². The Bertz CT molecular complexity index is 499. The van der Waals surface area contributed by atoms with E-state index >= 15 is 0 Å². The first-order valence-corrected chi connectivity index (χ1v) is 6.80. The van der Waals surface area contributed by atoms with Crippen molar-refractivity contribution in [2.75, 3.05) is 6.54 Å². The van der Waals surface area contributed by atoms with Crippen LogP contribution in [0.5, 0.6) is 5.75 Å². The lowest BCUT2D eigenvalue weighted by Gasteiger charge is -2.10. The zero-order valence-electron chi connectivity index (χ0n) is 10.6. The molecule has 0 aliphatic rings. The average Bonchev–Trinajstić information content (AvgIpc) is 2.87. The van der Waals surface area contributed by atoms with Crippen LogP contribution in [-0.4, -0.2) is 21.6 Å². The van der Waals surface area contributed by atoms with Crippen molar-refractivity contribution in [2.45, 2.75) is 26.3 Å². The predicted octanol–water partition coefficient (Wildman–Crippen LogP) is 2.45. The van der Waals surface area contributed by atoms with Crippen LogP contribution in [0.15, 0.2) is 23.7 Å². The van der Waals surface area contributed by atoms with E-state index in [2.05, 4.69) is 22.2 Å². The van der Waals surface area contributed by atoms with Crippen LogP contribution in [0, 0.1) is 6.92 Å². The Labute approximate surface area is 111 Å². The molecule has 1 atom stereocenters. The lowest BCUT2D eigenvalue weighted by atomic mass is 10.2. The van der Waals surface area contributed by atoms with E-state index in [-0.39, 0.29) is 5.75 Å². The smallest absolute Gasteiger partial charge is 0.138 e. The summed E-state index contributed by atoms with van der Waals surface area (Å²) in [7, 11) is 0. The third kappa shape index (κ3) is 3.27. The third-order valence-corrected chi connectivity index (χ3v) is 3.71. The molecule has 0 aliphatic heterocycles. The molecule has 0 aliphatic carbocycles. The number of nitrogens with zero attached hydrogens (tertiary/aromatic N) is 2. The van der Waals surface area contributed by atoms with Crippen molar-refractivity contribution in [3.8, 4) is 5.75 Å². The first kappa shape index (κ1) is 13.0. The highest BCUT2D eigenvalue weighted by atomic mass is 32.1. The fourth-order valence-electron chi connectivity index (χ4n) is 1.71. The summed E-state index contributed by atoms with van der Waals surface area (Å²) in [6, 6.07) is 3.49. The normalized spacial score (nSPS) is 12.6. The molecule has 0 saturated carbocycles. The maximum Gasteiger partial charge on any atom is 0.138 e. The van der Waals surface area contributed by atoms with Crippen LogP contribution in [0.4, 0.5) is 0 Å². The molecular weight excluding hydrogens is 246 g/mol. The van der Waals surface area contributed by atoms with Gasteiger partial charge in [-0.15, -0.1) is 11.3 Å². The number of hydrogen-bond acceptors (Lipinski definition) is 5. The quantitative estimate of drug-likeness (QED) is 0.870. The molecule has 2 aromatic rings. The van der Waals surface area contributed by atoms with Crippen LogP contribution >= 0.6 is 11.3 Å². The summed E-state index contributed by atoms with van der Waals surface area (Å²) in [5.74, 6) is 0.618. The van der Waals surface area contributed by atoms with Gasteiger partial charge in [-0.05, 0) is 19.1 Å². The highest BCUT2D eigenvalue weighted by molar-refractivity contribution is 7.09. The fourth-order valence-corrected chi connectivity index (χ4v) is 2.40. The lowest BCUT2D eigenvalue weighted by Crippen LogP contribution is -2.20. The molecule has 0 radical (unpaired) electrons. The van der Waals surface area contributed by atoms with Gasteiger partial charge in [0.05, 0.1) is 10.7 Å². The van der Waals surface area contributed by atoms with Crippen molar-refractivity contribution in [3.05, 3.63) is 40.1 Å². The van der Waals surface area contributed by atoms with Crippen molar-refractivity contribution in [1.82, 2.24) is 15.3 Å². The van der Waals surface area contributed by atoms with Crippen molar-refractivity contribution >= 4 is 11.3 Å². The molecule has 18 heavy (non-hydrogen) atoms. The molecule has 2 heterocycles. The van der Waals surface area contributed by atoms with E-state index in [9.17, 15) is 5.11 Å². The zero-order chi connectivity index (χ0) is 13.0. The largest absolute Gasteiger partial charge is 0.506 e. The minimum Gasteiger partial charge on any atom is -0.506 e. The minimum atomic E-state index is 0.245. The second-order valence-corrected chi connectivity index (χ2v) is 5.25. The van der Waals surface area contributed by atoms with Gasteiger partial charge in [0, 0.05) is 36.3 Å². The van der Waals surface area contributed by atoms with Crippen molar-refractivity contribution in [2.24, 2.45) is 0 Å². The number of pyridine rings is 1. The van der Waals surface area contributed by atoms with Crippen molar-refractivity contribution < 1.29 is 5.11 Å². The number of aryl methyl sites for hydroxylation is 1. The number of aromatic hydroxyl groups is 1. The molecule has 0 bridgehead atoms. The van der Waals surface area contributed by atoms with Gasteiger partial charge in [-0.1, -0.05) is 6.92 Å². The predicted molar refractivity (Wildman–Crippen MR) is 72.9 cm³/mol. The standard InChI is InChI=1S/C13H17N3OS/c1-9(13-15-5-6-18-13)7-14-8-11-12(17)4-3-10(2)16-11/h3-6,9,14,17H,7-8H2,1-2H3. The number of nitrogens with one attached hydrogen (secondary N) is 1. The van der Waals surface area contributed by atoms with E-state index in [4.69, 9.17) is 0 Å². The summed E-state index contributed by atoms with van der Waals surface area (Å²) in [4.78, 5) is 8.59. The van der Waals surface area contributed by atoms with E-state index < -0.39 is 0 Å². The van der Waals surface area contributed by atoms with Gasteiger partial charge in [-0.2, -0.15) is 0 Å². The molecule has 0 saturated heterocycles. The summed E-state index contributed by atoms with van der Waals surface area (Å²) in [6.45, 7) is 5.45. The van der Waals surface area contributed by atoms with Gasteiger partial charge in [-0.25, -0.2) is 4.98 Å². The summed E-state index contributed by atoms with van der Waals surface area (Å²) in [5.41, 5.74) is 1.61. The van der Waals surface area contributed by atoms with Crippen LogP contribution in [0.2, 0.25) is 0 Å². The molecule has 0 aromatic carbocycles. The Morgan fingerprint density at radius 3 is 3.00 bits per heavy atom. The van der Waals surface area contributed by atoms with Crippen LogP contribution in [0.1, 0.15) is 29.2 Å². The summed E-state index contributed by atoms with van der Waals surface area (Å²) in [5, 5.41) is 16.1. The number of thiazole rings is 1. The summed E-state index contributed by atoms with van der Waals surface area (Å²) >= 11 is 1.67. The van der Waals surface area contributed by atoms with E-state index in [0.717, 1.165) is 17.2 Å². The Balaban J connectivity index is 1.87. The molecule has 2 rings (SSSR count). The average molecular weight is 263 g/mol. The maximum atomic E-state index is 9.67. The van der Waals surface area contributed by atoms with Gasteiger partial charge < -0.3 is 10.4 Å². The fraction of sp³-hybridized carbons (Fsp3) is 0.385. The topological polar surface area (TPSA) is 58.0 Å². The summed E-state index contributed by atoms with van der Waals surface area (Å²) < 4.78 is 0. The maximum absolute atomic E-state index is 9.67. The molecule has 1 unspecified atom stereocenters.